The predicted molar refractivity (Wildman–Crippen MR) is 129 cm³/mol. The summed E-state index contributed by atoms with van der Waals surface area (Å²) in [6, 6.07) is 3.62. The van der Waals surface area contributed by atoms with Gasteiger partial charge in [0.2, 0.25) is 11.8 Å². The molecule has 0 saturated carbocycles. The van der Waals surface area contributed by atoms with Crippen LogP contribution < -0.4 is 10.6 Å². The van der Waals surface area contributed by atoms with Gasteiger partial charge in [-0.25, -0.2) is 4.79 Å². The Morgan fingerprint density at radius 3 is 2.24 bits per heavy atom. The predicted octanol–water partition coefficient (Wildman–Crippen LogP) is -0.227. The van der Waals surface area contributed by atoms with Crippen molar-refractivity contribution in [2.24, 2.45) is 0 Å². The van der Waals surface area contributed by atoms with Crippen LogP contribution in [0.1, 0.15) is 39.1 Å². The lowest BCUT2D eigenvalue weighted by atomic mass is 10.0. The quantitative estimate of drug-likeness (QED) is 0.166. The Balaban J connectivity index is 1.29. The number of fused-ring (bicyclic) bond motifs is 1. The Morgan fingerprint density at radius 2 is 1.58 bits per heavy atom. The summed E-state index contributed by atoms with van der Waals surface area (Å²) >= 11 is 0. The molecule has 38 heavy (non-hydrogen) atoms. The normalized spacial score (nSPS) is 16.6. The van der Waals surface area contributed by atoms with Crippen molar-refractivity contribution in [3.8, 4) is 11.8 Å². The first kappa shape index (κ1) is 28.7. The van der Waals surface area contributed by atoms with Crippen LogP contribution in [0.15, 0.2) is 18.2 Å². The lowest BCUT2D eigenvalue weighted by Crippen LogP contribution is -2.54. The molecule has 0 radical (unpaired) electrons. The summed E-state index contributed by atoms with van der Waals surface area (Å²) in [7, 11) is 0. The van der Waals surface area contributed by atoms with Gasteiger partial charge in [0.25, 0.3) is 11.8 Å². The van der Waals surface area contributed by atoms with Crippen molar-refractivity contribution in [1.82, 2.24) is 15.5 Å². The smallest absolute Gasteiger partial charge is 0.404 e. The first-order valence-electron chi connectivity index (χ1n) is 12.0. The van der Waals surface area contributed by atoms with E-state index < -0.39 is 35.8 Å². The molecule has 5 amide bonds. The molecule has 204 valence electrons. The average Bonchev–Trinajstić information content (AvgIpc) is 3.13. The second-order valence-electron chi connectivity index (χ2n) is 8.13. The van der Waals surface area contributed by atoms with Crippen LogP contribution in [-0.2, 0) is 28.5 Å². The second kappa shape index (κ2) is 14.8. The monoisotopic (exact) mass is 531 g/mol. The molecular formula is C25H29N3O10. The summed E-state index contributed by atoms with van der Waals surface area (Å²) in [6.45, 7) is 2.82. The Kier molecular flexibility index (Phi) is 11.2. The summed E-state index contributed by atoms with van der Waals surface area (Å²) in [4.78, 5) is 60.2. The molecule has 2 heterocycles. The van der Waals surface area contributed by atoms with Crippen molar-refractivity contribution in [3.05, 3.63) is 34.9 Å². The van der Waals surface area contributed by atoms with E-state index >= 15 is 0 Å². The lowest BCUT2D eigenvalue weighted by molar-refractivity contribution is -0.136. The summed E-state index contributed by atoms with van der Waals surface area (Å²) in [5, 5.41) is 12.8. The third-order valence-corrected chi connectivity index (χ3v) is 5.49. The van der Waals surface area contributed by atoms with Gasteiger partial charge in [0.1, 0.15) is 12.6 Å². The van der Waals surface area contributed by atoms with Gasteiger partial charge in [-0.05, 0) is 24.6 Å². The highest BCUT2D eigenvalue weighted by molar-refractivity contribution is 6.23. The van der Waals surface area contributed by atoms with Gasteiger partial charge in [-0.15, -0.1) is 0 Å². The molecule has 1 atom stereocenters. The maximum absolute atomic E-state index is 12.8. The SMILES string of the molecule is O=C(O)NCCOCCOCCOCCOCC#Cc1ccc2c(c1)C(=O)N(C1CCC(=O)NC1=O)C2=O. The highest BCUT2D eigenvalue weighted by Crippen LogP contribution is 2.28. The Bertz CT molecular complexity index is 1110. The van der Waals surface area contributed by atoms with Gasteiger partial charge in [0.05, 0.1) is 57.4 Å². The van der Waals surface area contributed by atoms with E-state index in [-0.39, 0.29) is 43.7 Å². The molecular weight excluding hydrogens is 502 g/mol. The standard InChI is InChI=1S/C25H29N3O10/c29-21-6-5-20(22(30)27-21)28-23(31)18-4-3-17(16-19(18)24(28)32)2-1-8-35-10-12-37-14-15-38-13-11-36-9-7-26-25(33)34/h3-4,16,20,26H,5-15H2,(H,33,34)(H,27,29,30). The van der Waals surface area contributed by atoms with Crippen molar-refractivity contribution in [2.75, 3.05) is 59.4 Å². The van der Waals surface area contributed by atoms with Gasteiger partial charge in [-0.2, -0.15) is 0 Å². The third kappa shape index (κ3) is 8.35. The number of ether oxygens (including phenoxy) is 4. The number of piperidine rings is 1. The molecule has 3 N–H and O–H groups in total. The van der Waals surface area contributed by atoms with Gasteiger partial charge >= 0.3 is 6.09 Å². The molecule has 1 saturated heterocycles. The van der Waals surface area contributed by atoms with Crippen LogP contribution in [0, 0.1) is 11.8 Å². The number of nitrogens with one attached hydrogen (secondary N) is 2. The Labute approximate surface area is 218 Å². The molecule has 1 aromatic rings. The fraction of sp³-hybridized carbons (Fsp3) is 0.480. The fourth-order valence-corrected chi connectivity index (χ4v) is 3.70. The first-order valence-corrected chi connectivity index (χ1v) is 12.0. The van der Waals surface area contributed by atoms with E-state index in [1.165, 1.54) is 12.1 Å². The Hall–Kier alpha value is -3.83. The highest BCUT2D eigenvalue weighted by Gasteiger charge is 2.44. The van der Waals surface area contributed by atoms with E-state index in [0.29, 0.717) is 45.2 Å². The Morgan fingerprint density at radius 1 is 0.947 bits per heavy atom. The number of carboxylic acid groups (broad SMARTS) is 1. The van der Waals surface area contributed by atoms with E-state index in [1.807, 2.05) is 0 Å². The molecule has 0 aromatic heterocycles. The number of benzene rings is 1. The van der Waals surface area contributed by atoms with Crippen LogP contribution in [0.2, 0.25) is 0 Å². The van der Waals surface area contributed by atoms with E-state index in [4.69, 9.17) is 24.1 Å². The van der Waals surface area contributed by atoms with Crippen LogP contribution in [0.4, 0.5) is 4.79 Å². The van der Waals surface area contributed by atoms with Gasteiger partial charge in [0, 0.05) is 18.5 Å². The third-order valence-electron chi connectivity index (χ3n) is 5.49. The maximum atomic E-state index is 12.8. The number of rotatable bonds is 14. The molecule has 13 nitrogen and oxygen atoms in total. The molecule has 2 aliphatic heterocycles. The van der Waals surface area contributed by atoms with Gasteiger partial charge < -0.3 is 29.4 Å². The minimum absolute atomic E-state index is 0.0614. The van der Waals surface area contributed by atoms with Crippen molar-refractivity contribution in [2.45, 2.75) is 18.9 Å². The number of nitrogens with zero attached hydrogens (tertiary/aromatic N) is 1. The largest absolute Gasteiger partial charge is 0.465 e. The van der Waals surface area contributed by atoms with E-state index in [1.54, 1.807) is 6.07 Å². The summed E-state index contributed by atoms with van der Waals surface area (Å²) in [5.74, 6) is 3.49. The van der Waals surface area contributed by atoms with Crippen LogP contribution in [0.25, 0.3) is 0 Å². The number of carbonyl (C=O) groups is 5. The van der Waals surface area contributed by atoms with Crippen molar-refractivity contribution in [3.63, 3.8) is 0 Å². The number of imide groups is 2. The molecule has 1 aromatic carbocycles. The number of amides is 5. The van der Waals surface area contributed by atoms with Gasteiger partial charge in [-0.3, -0.25) is 29.4 Å². The van der Waals surface area contributed by atoms with Crippen molar-refractivity contribution >= 4 is 29.7 Å². The molecule has 0 spiro atoms. The number of carbonyl (C=O) groups excluding carboxylic acids is 4. The molecule has 2 aliphatic rings. The highest BCUT2D eigenvalue weighted by atomic mass is 16.6. The van der Waals surface area contributed by atoms with Crippen molar-refractivity contribution in [1.29, 1.82) is 0 Å². The lowest BCUT2D eigenvalue weighted by Gasteiger charge is -2.27. The fourth-order valence-electron chi connectivity index (χ4n) is 3.70. The molecule has 0 bridgehead atoms. The number of hydrogen-bond donors (Lipinski definition) is 3. The summed E-state index contributed by atoms with van der Waals surface area (Å²) in [6.07, 6.45) is -0.928. The second-order valence-corrected chi connectivity index (χ2v) is 8.13. The minimum Gasteiger partial charge on any atom is -0.465 e. The van der Waals surface area contributed by atoms with Gasteiger partial charge in [-0.1, -0.05) is 11.8 Å². The summed E-state index contributed by atoms with van der Waals surface area (Å²) < 4.78 is 21.3. The van der Waals surface area contributed by atoms with Crippen molar-refractivity contribution < 1.29 is 48.0 Å². The van der Waals surface area contributed by atoms with Crippen LogP contribution in [0.5, 0.6) is 0 Å². The molecule has 0 aliphatic carbocycles. The van der Waals surface area contributed by atoms with Crippen LogP contribution in [0.3, 0.4) is 0 Å². The van der Waals surface area contributed by atoms with E-state index in [9.17, 15) is 24.0 Å². The zero-order valence-corrected chi connectivity index (χ0v) is 20.7. The maximum Gasteiger partial charge on any atom is 0.404 e. The zero-order chi connectivity index (χ0) is 27.3. The first-order chi connectivity index (χ1) is 18.4. The van der Waals surface area contributed by atoms with Gasteiger partial charge in [0.15, 0.2) is 0 Å². The molecule has 13 heteroatoms. The molecule has 1 fully saturated rings. The average molecular weight is 532 g/mol. The zero-order valence-electron chi connectivity index (χ0n) is 20.7. The molecule has 3 rings (SSSR count). The number of hydrogen-bond acceptors (Lipinski definition) is 9. The van der Waals surface area contributed by atoms with Crippen LogP contribution >= 0.6 is 0 Å². The minimum atomic E-state index is -1.09. The van der Waals surface area contributed by atoms with E-state index in [0.717, 1.165) is 4.90 Å². The topological polar surface area (TPSA) is 170 Å². The van der Waals surface area contributed by atoms with E-state index in [2.05, 4.69) is 22.5 Å². The van der Waals surface area contributed by atoms with Crippen LogP contribution in [-0.4, -0.2) is 105 Å². The summed E-state index contributed by atoms with van der Waals surface area (Å²) in [5.41, 5.74) is 0.891. The molecule has 1 unspecified atom stereocenters.